The molecule has 0 spiro atoms. The van der Waals surface area contributed by atoms with Crippen LogP contribution in [0, 0.1) is 5.92 Å². The lowest BCUT2D eigenvalue weighted by Gasteiger charge is -2.10. The van der Waals surface area contributed by atoms with Crippen LogP contribution in [0.5, 0.6) is 0 Å². The minimum absolute atomic E-state index is 0. The number of aliphatic imine (C=N–C) groups is 1. The maximum atomic E-state index is 4.18. The molecule has 2 N–H and O–H groups in total. The summed E-state index contributed by atoms with van der Waals surface area (Å²) in [5.74, 6) is 1.73. The van der Waals surface area contributed by atoms with Crippen LogP contribution in [-0.4, -0.2) is 29.3 Å². The summed E-state index contributed by atoms with van der Waals surface area (Å²) in [4.78, 5) is 4.18. The molecule has 0 aliphatic heterocycles. The van der Waals surface area contributed by atoms with Crippen LogP contribution in [0.1, 0.15) is 18.4 Å². The monoisotopic (exact) mass is 349 g/mol. The minimum Gasteiger partial charge on any atom is -0.356 e. The first kappa shape index (κ1) is 14.3. The van der Waals surface area contributed by atoms with Gasteiger partial charge in [0.1, 0.15) is 0 Å². The van der Waals surface area contributed by atoms with E-state index < -0.39 is 0 Å². The normalized spacial score (nSPS) is 15.3. The molecule has 2 rings (SSSR count). The summed E-state index contributed by atoms with van der Waals surface area (Å²) in [7, 11) is 3.72. The highest BCUT2D eigenvalue weighted by Crippen LogP contribution is 2.27. The second-order valence-corrected chi connectivity index (χ2v) is 4.27. The van der Waals surface area contributed by atoms with E-state index in [2.05, 4.69) is 20.7 Å². The highest BCUT2D eigenvalue weighted by molar-refractivity contribution is 14.0. The van der Waals surface area contributed by atoms with Gasteiger partial charge in [-0.25, -0.2) is 0 Å². The van der Waals surface area contributed by atoms with Crippen molar-refractivity contribution >= 4 is 29.9 Å². The van der Waals surface area contributed by atoms with Gasteiger partial charge in [0.25, 0.3) is 0 Å². The third-order valence-corrected chi connectivity index (χ3v) is 2.70. The van der Waals surface area contributed by atoms with Crippen molar-refractivity contribution in [3.05, 3.63) is 18.0 Å². The van der Waals surface area contributed by atoms with Crippen LogP contribution >= 0.6 is 24.0 Å². The van der Waals surface area contributed by atoms with Crippen LogP contribution in [0.4, 0.5) is 0 Å². The number of aryl methyl sites for hydroxylation is 1. The van der Waals surface area contributed by atoms with Crippen LogP contribution in [-0.2, 0) is 13.6 Å². The van der Waals surface area contributed by atoms with Gasteiger partial charge in [-0.2, -0.15) is 5.10 Å². The average Bonchev–Trinajstić information content (AvgIpc) is 3.02. The SMILES string of the molecule is CN=C(NCc1cnn(C)c1)NCC1CC1.I. The van der Waals surface area contributed by atoms with E-state index in [4.69, 9.17) is 0 Å². The van der Waals surface area contributed by atoms with Gasteiger partial charge in [0.05, 0.1) is 6.20 Å². The van der Waals surface area contributed by atoms with Crippen molar-refractivity contribution in [3.8, 4) is 0 Å². The second kappa shape index (κ2) is 6.83. The van der Waals surface area contributed by atoms with E-state index in [1.54, 1.807) is 11.7 Å². The Kier molecular flexibility index (Phi) is 5.73. The van der Waals surface area contributed by atoms with Crippen molar-refractivity contribution in [1.82, 2.24) is 20.4 Å². The zero-order valence-corrected chi connectivity index (χ0v) is 12.6. The average molecular weight is 349 g/mol. The summed E-state index contributed by atoms with van der Waals surface area (Å²) in [5, 5.41) is 10.7. The molecule has 1 aromatic heterocycles. The number of guanidine groups is 1. The molecule has 0 unspecified atom stereocenters. The molecule has 0 aromatic carbocycles. The van der Waals surface area contributed by atoms with E-state index in [9.17, 15) is 0 Å². The molecule has 0 saturated heterocycles. The third kappa shape index (κ3) is 4.93. The molecule has 0 atom stereocenters. The summed E-state index contributed by atoms with van der Waals surface area (Å²) in [6, 6.07) is 0. The number of aromatic nitrogens is 2. The summed E-state index contributed by atoms with van der Waals surface area (Å²) in [5.41, 5.74) is 1.16. The summed E-state index contributed by atoms with van der Waals surface area (Å²) < 4.78 is 1.80. The number of hydrogen-bond donors (Lipinski definition) is 2. The van der Waals surface area contributed by atoms with Gasteiger partial charge in [-0.15, -0.1) is 24.0 Å². The minimum atomic E-state index is 0. The number of halogens is 1. The molecule has 0 bridgehead atoms. The van der Waals surface area contributed by atoms with Gasteiger partial charge in [0, 0.05) is 38.9 Å². The maximum absolute atomic E-state index is 4.18. The highest BCUT2D eigenvalue weighted by Gasteiger charge is 2.20. The van der Waals surface area contributed by atoms with Gasteiger partial charge >= 0.3 is 0 Å². The molecule has 1 aliphatic carbocycles. The molecule has 1 fully saturated rings. The Morgan fingerprint density at radius 1 is 1.53 bits per heavy atom. The molecular weight excluding hydrogens is 329 g/mol. The van der Waals surface area contributed by atoms with E-state index in [0.29, 0.717) is 0 Å². The lowest BCUT2D eigenvalue weighted by atomic mass is 10.3. The Labute approximate surface area is 119 Å². The Bertz CT molecular complexity index is 370. The van der Waals surface area contributed by atoms with Gasteiger partial charge in [-0.3, -0.25) is 9.67 Å². The Morgan fingerprint density at radius 3 is 2.82 bits per heavy atom. The van der Waals surface area contributed by atoms with Crippen molar-refractivity contribution in [2.45, 2.75) is 19.4 Å². The molecule has 96 valence electrons. The lowest BCUT2D eigenvalue weighted by molar-refractivity contribution is 0.736. The molecule has 0 amide bonds. The fourth-order valence-corrected chi connectivity index (χ4v) is 1.53. The molecule has 1 heterocycles. The van der Waals surface area contributed by atoms with E-state index in [-0.39, 0.29) is 24.0 Å². The molecule has 1 aromatic rings. The van der Waals surface area contributed by atoms with Gasteiger partial charge in [-0.05, 0) is 18.8 Å². The summed E-state index contributed by atoms with van der Waals surface area (Å²) in [6.45, 7) is 1.80. The highest BCUT2D eigenvalue weighted by atomic mass is 127. The number of nitrogens with one attached hydrogen (secondary N) is 2. The van der Waals surface area contributed by atoms with Crippen molar-refractivity contribution in [1.29, 1.82) is 0 Å². The first-order valence-electron chi connectivity index (χ1n) is 5.70. The smallest absolute Gasteiger partial charge is 0.191 e. The molecule has 6 heteroatoms. The van der Waals surface area contributed by atoms with Gasteiger partial charge in [0.2, 0.25) is 0 Å². The van der Waals surface area contributed by atoms with Crippen LogP contribution in [0.15, 0.2) is 17.4 Å². The van der Waals surface area contributed by atoms with Crippen molar-refractivity contribution < 1.29 is 0 Å². The quantitative estimate of drug-likeness (QED) is 0.487. The molecule has 17 heavy (non-hydrogen) atoms. The zero-order chi connectivity index (χ0) is 11.4. The van der Waals surface area contributed by atoms with Crippen LogP contribution in [0.3, 0.4) is 0 Å². The van der Waals surface area contributed by atoms with Crippen LogP contribution in [0.25, 0.3) is 0 Å². The fraction of sp³-hybridized carbons (Fsp3) is 0.636. The second-order valence-electron chi connectivity index (χ2n) is 4.27. The van der Waals surface area contributed by atoms with Crippen molar-refractivity contribution in [3.63, 3.8) is 0 Å². The van der Waals surface area contributed by atoms with Gasteiger partial charge in [0.15, 0.2) is 5.96 Å². The number of rotatable bonds is 4. The first-order valence-corrected chi connectivity index (χ1v) is 5.70. The Morgan fingerprint density at radius 2 is 2.29 bits per heavy atom. The third-order valence-electron chi connectivity index (χ3n) is 2.70. The fourth-order valence-electron chi connectivity index (χ4n) is 1.53. The molecular formula is C11H20IN5. The van der Waals surface area contributed by atoms with E-state index >= 15 is 0 Å². The van der Waals surface area contributed by atoms with Gasteiger partial charge < -0.3 is 10.6 Å². The number of nitrogens with zero attached hydrogens (tertiary/aromatic N) is 3. The standard InChI is InChI=1S/C11H19N5.HI/c1-12-11(13-5-9-3-4-9)14-6-10-7-15-16(2)8-10;/h7-9H,3-6H2,1-2H3,(H2,12,13,14);1H. The van der Waals surface area contributed by atoms with Crippen molar-refractivity contribution in [2.75, 3.05) is 13.6 Å². The van der Waals surface area contributed by atoms with Crippen molar-refractivity contribution in [2.24, 2.45) is 18.0 Å². The van der Waals surface area contributed by atoms with Crippen LogP contribution in [0.2, 0.25) is 0 Å². The Hall–Kier alpha value is -0.790. The molecule has 1 saturated carbocycles. The van der Waals surface area contributed by atoms with Crippen LogP contribution < -0.4 is 10.6 Å². The van der Waals surface area contributed by atoms with E-state index in [1.807, 2.05) is 19.4 Å². The van der Waals surface area contributed by atoms with Gasteiger partial charge in [-0.1, -0.05) is 0 Å². The summed E-state index contributed by atoms with van der Waals surface area (Å²) >= 11 is 0. The first-order chi connectivity index (χ1) is 7.78. The molecule has 5 nitrogen and oxygen atoms in total. The lowest BCUT2D eigenvalue weighted by Crippen LogP contribution is -2.37. The topological polar surface area (TPSA) is 54.2 Å². The zero-order valence-electron chi connectivity index (χ0n) is 10.3. The van der Waals surface area contributed by atoms with E-state index in [1.165, 1.54) is 12.8 Å². The predicted octanol–water partition coefficient (Wildman–Crippen LogP) is 1.11. The van der Waals surface area contributed by atoms with E-state index in [0.717, 1.165) is 30.5 Å². The Balaban J connectivity index is 0.00000144. The largest absolute Gasteiger partial charge is 0.356 e. The summed E-state index contributed by atoms with van der Waals surface area (Å²) in [6.07, 6.45) is 6.57. The number of hydrogen-bond acceptors (Lipinski definition) is 2. The molecule has 1 aliphatic rings. The molecule has 0 radical (unpaired) electrons. The predicted molar refractivity (Wildman–Crippen MR) is 79.5 cm³/mol. The maximum Gasteiger partial charge on any atom is 0.191 e.